The van der Waals surface area contributed by atoms with Gasteiger partial charge in [-0.15, -0.1) is 11.3 Å². The van der Waals surface area contributed by atoms with Crippen molar-refractivity contribution < 1.29 is 13.2 Å². The summed E-state index contributed by atoms with van der Waals surface area (Å²) in [5.41, 5.74) is 3.08. The number of thiazole rings is 1. The average molecular weight is 422 g/mol. The first kappa shape index (κ1) is 21.0. The number of nitrogens with one attached hydrogen (secondary N) is 1. The van der Waals surface area contributed by atoms with Gasteiger partial charge in [0, 0.05) is 29.6 Å². The summed E-state index contributed by atoms with van der Waals surface area (Å²) in [5, 5.41) is 0.937. The second-order valence-electron chi connectivity index (χ2n) is 7.40. The molecule has 1 amide bonds. The van der Waals surface area contributed by atoms with Crippen molar-refractivity contribution in [2.45, 2.75) is 45.6 Å². The molecule has 0 saturated carbocycles. The minimum absolute atomic E-state index is 0.0389. The predicted molar refractivity (Wildman–Crippen MR) is 113 cm³/mol. The van der Waals surface area contributed by atoms with Crippen LogP contribution in [0.5, 0.6) is 0 Å². The molecule has 1 N–H and O–H groups in total. The van der Waals surface area contributed by atoms with Gasteiger partial charge in [0.15, 0.2) is 0 Å². The van der Waals surface area contributed by atoms with Crippen molar-refractivity contribution in [3.8, 4) is 11.3 Å². The van der Waals surface area contributed by atoms with Crippen LogP contribution in [0.15, 0.2) is 24.3 Å². The first-order valence-electron chi connectivity index (χ1n) is 9.50. The normalized spacial score (nSPS) is 17.7. The fraction of sp³-hybridized carbons (Fsp3) is 0.500. The van der Waals surface area contributed by atoms with Crippen LogP contribution in [0, 0.1) is 13.8 Å². The number of hydrogen-bond donors (Lipinski definition) is 1. The van der Waals surface area contributed by atoms with Crippen LogP contribution < -0.4 is 4.72 Å². The van der Waals surface area contributed by atoms with Gasteiger partial charge in [0.1, 0.15) is 0 Å². The minimum atomic E-state index is -3.27. The third-order valence-electron chi connectivity index (χ3n) is 4.97. The molecule has 0 bridgehead atoms. The van der Waals surface area contributed by atoms with E-state index in [9.17, 15) is 13.2 Å². The van der Waals surface area contributed by atoms with Crippen LogP contribution in [0.2, 0.25) is 0 Å². The summed E-state index contributed by atoms with van der Waals surface area (Å²) in [5.74, 6) is 0.0389. The number of benzene rings is 1. The van der Waals surface area contributed by atoms with E-state index in [0.717, 1.165) is 46.7 Å². The molecule has 2 heterocycles. The summed E-state index contributed by atoms with van der Waals surface area (Å²) >= 11 is 1.55. The van der Waals surface area contributed by atoms with Gasteiger partial charge >= 0.3 is 0 Å². The highest BCUT2D eigenvalue weighted by molar-refractivity contribution is 7.88. The smallest absolute Gasteiger partial charge is 0.228 e. The van der Waals surface area contributed by atoms with Gasteiger partial charge in [-0.05, 0) is 33.1 Å². The Bertz CT molecular complexity index is 936. The van der Waals surface area contributed by atoms with E-state index in [1.165, 1.54) is 5.56 Å². The van der Waals surface area contributed by atoms with E-state index in [1.807, 2.05) is 43.0 Å². The second-order valence-corrected chi connectivity index (χ2v) is 10.5. The largest absolute Gasteiger partial charge is 0.338 e. The van der Waals surface area contributed by atoms with Gasteiger partial charge in [-0.3, -0.25) is 4.79 Å². The van der Waals surface area contributed by atoms with Crippen molar-refractivity contribution in [2.24, 2.45) is 0 Å². The van der Waals surface area contributed by atoms with Crippen LogP contribution in [0.4, 0.5) is 0 Å². The molecule has 1 aromatic carbocycles. The average Bonchev–Trinajstić information content (AvgIpc) is 3.00. The lowest BCUT2D eigenvalue weighted by atomic mass is 10.0. The van der Waals surface area contributed by atoms with E-state index >= 15 is 0 Å². The summed E-state index contributed by atoms with van der Waals surface area (Å²) < 4.78 is 25.5. The molecule has 1 aromatic heterocycles. The van der Waals surface area contributed by atoms with Crippen molar-refractivity contribution in [2.75, 3.05) is 19.3 Å². The number of carbonyl (C=O) groups is 1. The molecule has 0 radical (unpaired) electrons. The molecule has 2 aromatic rings. The quantitative estimate of drug-likeness (QED) is 0.778. The second kappa shape index (κ2) is 8.71. The molecule has 1 unspecified atom stereocenters. The zero-order chi connectivity index (χ0) is 20.3. The Labute approximate surface area is 171 Å². The first-order valence-corrected chi connectivity index (χ1v) is 12.2. The van der Waals surface area contributed by atoms with Gasteiger partial charge in [-0.1, -0.05) is 29.8 Å². The zero-order valence-corrected chi connectivity index (χ0v) is 18.2. The number of aromatic nitrogens is 1. The van der Waals surface area contributed by atoms with E-state index in [0.29, 0.717) is 13.0 Å². The van der Waals surface area contributed by atoms with Crippen LogP contribution in [0.25, 0.3) is 11.3 Å². The van der Waals surface area contributed by atoms with Crippen LogP contribution in [0.3, 0.4) is 0 Å². The number of hydrogen-bond acceptors (Lipinski definition) is 5. The molecule has 28 heavy (non-hydrogen) atoms. The third kappa shape index (κ3) is 5.40. The number of nitrogens with zero attached hydrogens (tertiary/aromatic N) is 2. The predicted octanol–water partition coefficient (Wildman–Crippen LogP) is 2.90. The number of piperidine rings is 1. The molecular formula is C20H27N3O3S2. The number of rotatable bonds is 6. The number of aryl methyl sites for hydroxylation is 2. The van der Waals surface area contributed by atoms with Crippen LogP contribution in [0.1, 0.15) is 34.7 Å². The Morgan fingerprint density at radius 1 is 1.25 bits per heavy atom. The number of sulfonamides is 1. The Balaban J connectivity index is 1.77. The van der Waals surface area contributed by atoms with E-state index in [-0.39, 0.29) is 18.5 Å². The third-order valence-corrected chi connectivity index (χ3v) is 6.63. The SMILES string of the molecule is Cc1ccc(-c2nc(C)sc2CC(=O)N2CCCCC2CNS(C)(=O)=O)cc1. The molecule has 3 rings (SSSR count). The highest BCUT2D eigenvalue weighted by Crippen LogP contribution is 2.30. The number of carbonyl (C=O) groups excluding carboxylic acids is 1. The highest BCUT2D eigenvalue weighted by atomic mass is 32.2. The maximum Gasteiger partial charge on any atom is 0.228 e. The molecule has 0 spiro atoms. The lowest BCUT2D eigenvalue weighted by Gasteiger charge is -2.35. The molecule has 0 aliphatic carbocycles. The molecule has 6 nitrogen and oxygen atoms in total. The summed E-state index contributed by atoms with van der Waals surface area (Å²) in [4.78, 5) is 20.5. The number of likely N-dealkylation sites (tertiary alicyclic amines) is 1. The summed E-state index contributed by atoms with van der Waals surface area (Å²) in [6.07, 6.45) is 4.22. The Kier molecular flexibility index (Phi) is 6.52. The Morgan fingerprint density at radius 3 is 2.64 bits per heavy atom. The molecule has 152 valence electrons. The lowest BCUT2D eigenvalue weighted by Crippen LogP contribution is -2.49. The molecule has 1 fully saturated rings. The first-order chi connectivity index (χ1) is 13.2. The van der Waals surface area contributed by atoms with Gasteiger partial charge < -0.3 is 4.90 Å². The van der Waals surface area contributed by atoms with Crippen molar-refractivity contribution >= 4 is 27.3 Å². The van der Waals surface area contributed by atoms with Gasteiger partial charge in [-0.25, -0.2) is 18.1 Å². The molecule has 1 aliphatic heterocycles. The van der Waals surface area contributed by atoms with Crippen molar-refractivity contribution in [3.63, 3.8) is 0 Å². The molecule has 1 atom stereocenters. The summed E-state index contributed by atoms with van der Waals surface area (Å²) in [6, 6.07) is 8.09. The molecule has 8 heteroatoms. The van der Waals surface area contributed by atoms with E-state index in [4.69, 9.17) is 0 Å². The summed E-state index contributed by atoms with van der Waals surface area (Å²) in [7, 11) is -3.27. The van der Waals surface area contributed by atoms with Crippen LogP contribution in [-0.4, -0.2) is 49.6 Å². The Morgan fingerprint density at radius 2 is 1.96 bits per heavy atom. The standard InChI is InChI=1S/C20H27N3O3S2/c1-14-7-9-16(10-8-14)20-18(27-15(2)22-20)12-19(24)23-11-5-4-6-17(23)13-21-28(3,25)26/h7-10,17,21H,4-6,11-13H2,1-3H3. The van der Waals surface area contributed by atoms with Gasteiger partial charge in [0.25, 0.3) is 0 Å². The maximum atomic E-state index is 13.1. The van der Waals surface area contributed by atoms with Crippen molar-refractivity contribution in [1.82, 2.24) is 14.6 Å². The van der Waals surface area contributed by atoms with Crippen molar-refractivity contribution in [3.05, 3.63) is 39.7 Å². The topological polar surface area (TPSA) is 79.4 Å². The molecule has 1 saturated heterocycles. The minimum Gasteiger partial charge on any atom is -0.338 e. The fourth-order valence-electron chi connectivity index (χ4n) is 3.55. The number of amides is 1. The maximum absolute atomic E-state index is 13.1. The van der Waals surface area contributed by atoms with Gasteiger partial charge in [0.2, 0.25) is 15.9 Å². The van der Waals surface area contributed by atoms with Crippen LogP contribution >= 0.6 is 11.3 Å². The molecule has 1 aliphatic rings. The summed E-state index contributed by atoms with van der Waals surface area (Å²) in [6.45, 7) is 4.95. The van der Waals surface area contributed by atoms with E-state index in [2.05, 4.69) is 9.71 Å². The van der Waals surface area contributed by atoms with Gasteiger partial charge in [-0.2, -0.15) is 0 Å². The van der Waals surface area contributed by atoms with Crippen molar-refractivity contribution in [1.29, 1.82) is 0 Å². The van der Waals surface area contributed by atoms with E-state index in [1.54, 1.807) is 11.3 Å². The Hall–Kier alpha value is -1.77. The zero-order valence-electron chi connectivity index (χ0n) is 16.6. The molecular weight excluding hydrogens is 394 g/mol. The van der Waals surface area contributed by atoms with Crippen LogP contribution in [-0.2, 0) is 21.2 Å². The monoisotopic (exact) mass is 421 g/mol. The van der Waals surface area contributed by atoms with E-state index < -0.39 is 10.0 Å². The highest BCUT2D eigenvalue weighted by Gasteiger charge is 2.28. The fourth-order valence-corrected chi connectivity index (χ4v) is 5.00. The lowest BCUT2D eigenvalue weighted by molar-refractivity contribution is -0.133. The van der Waals surface area contributed by atoms with Gasteiger partial charge in [0.05, 0.1) is 23.4 Å².